The standard InChI is InChI=1S/C15H16ClN3O2/c16-14-10-17-9-11(18-14)15(20)19-7-3-1-2-5-12(19)13-6-4-8-21-13/h4,6,8-10,12H,1-3,5,7H2/t12-/m1/s1. The first kappa shape index (κ1) is 14.1. The molecule has 0 saturated carbocycles. The van der Waals surface area contributed by atoms with Crippen molar-refractivity contribution in [2.45, 2.75) is 31.7 Å². The number of carbonyl (C=O) groups is 1. The van der Waals surface area contributed by atoms with E-state index in [9.17, 15) is 4.79 Å². The van der Waals surface area contributed by atoms with Gasteiger partial charge >= 0.3 is 0 Å². The van der Waals surface area contributed by atoms with Gasteiger partial charge in [-0.15, -0.1) is 0 Å². The minimum Gasteiger partial charge on any atom is -0.467 e. The van der Waals surface area contributed by atoms with E-state index in [1.807, 2.05) is 17.0 Å². The summed E-state index contributed by atoms with van der Waals surface area (Å²) in [5.74, 6) is 0.675. The summed E-state index contributed by atoms with van der Waals surface area (Å²) in [6.07, 6.45) is 8.59. The van der Waals surface area contributed by atoms with Crippen LogP contribution in [0, 0.1) is 0 Å². The molecule has 2 aromatic heterocycles. The zero-order valence-electron chi connectivity index (χ0n) is 11.5. The maximum atomic E-state index is 12.7. The van der Waals surface area contributed by atoms with Gasteiger partial charge in [-0.05, 0) is 25.0 Å². The van der Waals surface area contributed by atoms with Crippen molar-refractivity contribution in [2.75, 3.05) is 6.54 Å². The van der Waals surface area contributed by atoms with Crippen LogP contribution in [0.4, 0.5) is 0 Å². The van der Waals surface area contributed by atoms with Gasteiger partial charge < -0.3 is 9.32 Å². The number of carbonyl (C=O) groups excluding carboxylic acids is 1. The lowest BCUT2D eigenvalue weighted by Crippen LogP contribution is -2.35. The van der Waals surface area contributed by atoms with Gasteiger partial charge in [0.15, 0.2) is 0 Å². The Hall–Kier alpha value is -1.88. The van der Waals surface area contributed by atoms with Crippen molar-refractivity contribution in [1.29, 1.82) is 0 Å². The number of rotatable bonds is 2. The van der Waals surface area contributed by atoms with Gasteiger partial charge in [-0.2, -0.15) is 0 Å². The summed E-state index contributed by atoms with van der Waals surface area (Å²) in [7, 11) is 0. The van der Waals surface area contributed by atoms with Crippen LogP contribution in [0.15, 0.2) is 35.2 Å². The van der Waals surface area contributed by atoms with Crippen LogP contribution < -0.4 is 0 Å². The molecule has 0 unspecified atom stereocenters. The van der Waals surface area contributed by atoms with Gasteiger partial charge in [0.25, 0.3) is 5.91 Å². The summed E-state index contributed by atoms with van der Waals surface area (Å²) in [6, 6.07) is 3.72. The third-order valence-electron chi connectivity index (χ3n) is 3.71. The van der Waals surface area contributed by atoms with E-state index in [0.29, 0.717) is 6.54 Å². The Kier molecular flexibility index (Phi) is 4.20. The molecule has 2 aromatic rings. The molecule has 1 saturated heterocycles. The minimum atomic E-state index is -0.145. The highest BCUT2D eigenvalue weighted by molar-refractivity contribution is 6.29. The third-order valence-corrected chi connectivity index (χ3v) is 3.89. The number of furan rings is 1. The van der Waals surface area contributed by atoms with Crippen LogP contribution in [0.25, 0.3) is 0 Å². The highest BCUT2D eigenvalue weighted by atomic mass is 35.5. The maximum absolute atomic E-state index is 12.7. The molecule has 1 aliphatic rings. The lowest BCUT2D eigenvalue weighted by molar-refractivity contribution is 0.0652. The molecule has 0 N–H and O–H groups in total. The van der Waals surface area contributed by atoms with E-state index in [0.717, 1.165) is 31.4 Å². The van der Waals surface area contributed by atoms with E-state index in [-0.39, 0.29) is 22.8 Å². The van der Waals surface area contributed by atoms with E-state index >= 15 is 0 Å². The highest BCUT2D eigenvalue weighted by Crippen LogP contribution is 2.31. The molecule has 1 fully saturated rings. The molecule has 0 spiro atoms. The first-order valence-corrected chi connectivity index (χ1v) is 7.45. The molecular formula is C15H16ClN3O2. The van der Waals surface area contributed by atoms with Gasteiger partial charge in [0.2, 0.25) is 0 Å². The first-order valence-electron chi connectivity index (χ1n) is 7.07. The monoisotopic (exact) mass is 305 g/mol. The summed E-state index contributed by atoms with van der Waals surface area (Å²) in [5, 5.41) is 0.227. The van der Waals surface area contributed by atoms with Gasteiger partial charge in [-0.1, -0.05) is 24.4 Å². The summed E-state index contributed by atoms with van der Waals surface area (Å²) < 4.78 is 5.51. The topological polar surface area (TPSA) is 59.2 Å². The summed E-state index contributed by atoms with van der Waals surface area (Å²) >= 11 is 5.83. The Morgan fingerprint density at radius 1 is 1.33 bits per heavy atom. The van der Waals surface area contributed by atoms with Crippen LogP contribution >= 0.6 is 11.6 Å². The Morgan fingerprint density at radius 2 is 2.24 bits per heavy atom. The zero-order chi connectivity index (χ0) is 14.7. The molecule has 5 nitrogen and oxygen atoms in total. The summed E-state index contributed by atoms with van der Waals surface area (Å²) in [6.45, 7) is 0.693. The molecule has 0 bridgehead atoms. The van der Waals surface area contributed by atoms with Gasteiger partial charge in [0, 0.05) is 6.54 Å². The highest BCUT2D eigenvalue weighted by Gasteiger charge is 2.30. The SMILES string of the molecule is O=C(c1cncc(Cl)n1)N1CCCCC[C@@H]1c1ccco1. The largest absolute Gasteiger partial charge is 0.467 e. The Morgan fingerprint density at radius 3 is 3.00 bits per heavy atom. The van der Waals surface area contributed by atoms with Gasteiger partial charge in [-0.3, -0.25) is 9.78 Å². The molecule has 1 atom stereocenters. The van der Waals surface area contributed by atoms with Crippen LogP contribution in [-0.4, -0.2) is 27.3 Å². The quantitative estimate of drug-likeness (QED) is 0.852. The normalized spacial score (nSPS) is 19.3. The second kappa shape index (κ2) is 6.26. The lowest BCUT2D eigenvalue weighted by Gasteiger charge is -2.28. The number of nitrogens with zero attached hydrogens (tertiary/aromatic N) is 3. The second-order valence-electron chi connectivity index (χ2n) is 5.11. The van der Waals surface area contributed by atoms with Crippen molar-refractivity contribution in [1.82, 2.24) is 14.9 Å². The van der Waals surface area contributed by atoms with Crippen molar-refractivity contribution >= 4 is 17.5 Å². The van der Waals surface area contributed by atoms with Crippen LogP contribution in [-0.2, 0) is 0 Å². The number of hydrogen-bond acceptors (Lipinski definition) is 4. The smallest absolute Gasteiger partial charge is 0.274 e. The first-order chi connectivity index (χ1) is 10.3. The van der Waals surface area contributed by atoms with Crippen LogP contribution in [0.2, 0.25) is 5.15 Å². The second-order valence-corrected chi connectivity index (χ2v) is 5.49. The van der Waals surface area contributed by atoms with Crippen LogP contribution in [0.3, 0.4) is 0 Å². The van der Waals surface area contributed by atoms with Crippen molar-refractivity contribution in [3.8, 4) is 0 Å². The fraction of sp³-hybridized carbons (Fsp3) is 0.400. The van der Waals surface area contributed by atoms with Gasteiger partial charge in [-0.25, -0.2) is 4.98 Å². The fourth-order valence-corrected chi connectivity index (χ4v) is 2.87. The van der Waals surface area contributed by atoms with Crippen molar-refractivity contribution in [2.24, 2.45) is 0 Å². The van der Waals surface area contributed by atoms with Crippen LogP contribution in [0.1, 0.15) is 48.0 Å². The molecule has 1 amide bonds. The number of likely N-dealkylation sites (tertiary alicyclic amines) is 1. The van der Waals surface area contributed by atoms with E-state index in [2.05, 4.69) is 9.97 Å². The predicted octanol–water partition coefficient (Wildman–Crippen LogP) is 3.48. The molecule has 0 aliphatic carbocycles. The van der Waals surface area contributed by atoms with Gasteiger partial charge in [0.05, 0.1) is 24.7 Å². The van der Waals surface area contributed by atoms with Gasteiger partial charge in [0.1, 0.15) is 16.6 Å². The Balaban J connectivity index is 1.90. The van der Waals surface area contributed by atoms with Crippen molar-refractivity contribution in [3.63, 3.8) is 0 Å². The molecule has 21 heavy (non-hydrogen) atoms. The van der Waals surface area contributed by atoms with E-state index < -0.39 is 0 Å². The lowest BCUT2D eigenvalue weighted by atomic mass is 10.1. The molecule has 110 valence electrons. The maximum Gasteiger partial charge on any atom is 0.274 e. The number of aromatic nitrogens is 2. The summed E-state index contributed by atoms with van der Waals surface area (Å²) in [4.78, 5) is 22.6. The average Bonchev–Trinajstić information content (AvgIpc) is 2.91. The molecule has 0 radical (unpaired) electrons. The van der Waals surface area contributed by atoms with Crippen molar-refractivity contribution < 1.29 is 9.21 Å². The van der Waals surface area contributed by atoms with E-state index in [1.165, 1.54) is 12.4 Å². The third kappa shape index (κ3) is 3.08. The predicted molar refractivity (Wildman–Crippen MR) is 78.0 cm³/mol. The summed E-state index contributed by atoms with van der Waals surface area (Å²) in [5.41, 5.74) is 0.279. The fourth-order valence-electron chi connectivity index (χ4n) is 2.72. The Labute approximate surface area is 127 Å². The zero-order valence-corrected chi connectivity index (χ0v) is 12.3. The minimum absolute atomic E-state index is 0.0456. The van der Waals surface area contributed by atoms with Crippen molar-refractivity contribution in [3.05, 3.63) is 47.4 Å². The van der Waals surface area contributed by atoms with E-state index in [1.54, 1.807) is 6.26 Å². The Bertz CT molecular complexity index is 615. The van der Waals surface area contributed by atoms with Crippen LogP contribution in [0.5, 0.6) is 0 Å². The molecule has 3 heterocycles. The van der Waals surface area contributed by atoms with E-state index in [4.69, 9.17) is 16.0 Å². The molecule has 3 rings (SSSR count). The average molecular weight is 306 g/mol. The molecule has 6 heteroatoms. The number of hydrogen-bond donors (Lipinski definition) is 0. The molecule has 1 aliphatic heterocycles. The molecular weight excluding hydrogens is 290 g/mol. The number of halogens is 1. The number of amides is 1. The molecule has 0 aromatic carbocycles.